The average Bonchev–Trinajstić information content (AvgIpc) is 2.68. The fourth-order valence-corrected chi connectivity index (χ4v) is 2.28. The summed E-state index contributed by atoms with van der Waals surface area (Å²) >= 11 is 2.96. The molecule has 0 aliphatic rings. The van der Waals surface area contributed by atoms with Crippen molar-refractivity contribution in [3.8, 4) is 11.5 Å². The van der Waals surface area contributed by atoms with Crippen LogP contribution in [0.15, 0.2) is 48.5 Å². The number of hydrogen-bond acceptors (Lipinski definition) is 5. The molecule has 2 rings (SSSR count). The number of benzene rings is 2. The Balaban J connectivity index is 0.00000122. The van der Waals surface area contributed by atoms with Crippen molar-refractivity contribution in [3.63, 3.8) is 0 Å². The van der Waals surface area contributed by atoms with Crippen molar-refractivity contribution < 1.29 is 41.0 Å². The van der Waals surface area contributed by atoms with Crippen LogP contribution in [-0.2, 0) is 27.2 Å². The zero-order valence-corrected chi connectivity index (χ0v) is 20.6. The molecule has 0 fully saturated rings. The fraction of sp³-hybridized carbons (Fsp3) is 0.333. The first-order valence-corrected chi connectivity index (χ1v) is 17.1. The van der Waals surface area contributed by atoms with Crippen molar-refractivity contribution in [2.24, 2.45) is 0 Å². The van der Waals surface area contributed by atoms with Gasteiger partial charge in [0.1, 0.15) is 11.5 Å². The molecule has 28 heavy (non-hydrogen) atoms. The number of rotatable bonds is 8. The van der Waals surface area contributed by atoms with Crippen LogP contribution in [0.4, 0.5) is 0 Å². The maximum absolute atomic E-state index is 11.8. The molecule has 2 aromatic rings. The van der Waals surface area contributed by atoms with E-state index in [0.29, 0.717) is 48.8 Å². The van der Waals surface area contributed by atoms with Gasteiger partial charge in [0.2, 0.25) is 0 Å². The van der Waals surface area contributed by atoms with Crippen molar-refractivity contribution in [3.05, 3.63) is 59.7 Å². The summed E-state index contributed by atoms with van der Waals surface area (Å²) in [5.74, 6) is 0.740. The first-order valence-electron chi connectivity index (χ1n) is 8.65. The Morgan fingerprint density at radius 3 is 1.93 bits per heavy atom. The van der Waals surface area contributed by atoms with E-state index in [0.717, 1.165) is 16.9 Å². The van der Waals surface area contributed by atoms with Gasteiger partial charge in [-0.3, -0.25) is 9.59 Å². The van der Waals surface area contributed by atoms with Crippen LogP contribution < -0.4 is 26.7 Å². The molecule has 0 aliphatic carbocycles. The number of esters is 2. The topological polar surface area (TPSA) is 61.8 Å². The van der Waals surface area contributed by atoms with E-state index in [1.807, 2.05) is 36.4 Å². The molecular formula is C21H25I2O5-. The van der Waals surface area contributed by atoms with Gasteiger partial charge in [-0.2, -0.15) is 0 Å². The van der Waals surface area contributed by atoms with Gasteiger partial charge in [0.05, 0.1) is 13.7 Å². The second kappa shape index (κ2) is 14.6. The minimum absolute atomic E-state index is 0.215. The monoisotopic (exact) mass is 611 g/mol. The van der Waals surface area contributed by atoms with Gasteiger partial charge in [0.15, 0.2) is 0 Å². The number of carbonyl (C=O) groups is 2. The Kier molecular flexibility index (Phi) is 12.9. The van der Waals surface area contributed by atoms with Crippen LogP contribution >= 0.6 is 18.6 Å². The molecule has 0 spiro atoms. The van der Waals surface area contributed by atoms with Gasteiger partial charge in [-0.25, -0.2) is 0 Å². The van der Waals surface area contributed by atoms with Crippen molar-refractivity contribution in [2.45, 2.75) is 26.2 Å². The normalized spacial score (nSPS) is 9.86. The second-order valence-electron chi connectivity index (χ2n) is 5.70. The molecule has 0 amide bonds. The summed E-state index contributed by atoms with van der Waals surface area (Å²) in [5, 5.41) is 0. The van der Waals surface area contributed by atoms with Gasteiger partial charge in [0, 0.05) is 19.8 Å². The van der Waals surface area contributed by atoms with E-state index in [4.69, 9.17) is 14.2 Å². The molecule has 0 atom stereocenters. The minimum atomic E-state index is -0.349. The van der Waals surface area contributed by atoms with Crippen molar-refractivity contribution >= 4 is 30.6 Å². The Labute approximate surface area is 186 Å². The SMILES string of the molecule is COc1ccc(CCC(=O)OCCc2ccc(OC(C)=O)cc2)cc1.C[I-]I. The fourth-order valence-electron chi connectivity index (χ4n) is 2.28. The zero-order valence-electron chi connectivity index (χ0n) is 16.2. The number of carbonyl (C=O) groups excluding carboxylic acids is 2. The molecule has 154 valence electrons. The molecule has 0 aromatic heterocycles. The molecule has 2 aromatic carbocycles. The molecule has 0 radical (unpaired) electrons. The molecule has 0 saturated carbocycles. The molecule has 0 heterocycles. The number of hydrogen-bond donors (Lipinski definition) is 0. The second-order valence-corrected chi connectivity index (χ2v) is 12.0. The Morgan fingerprint density at radius 2 is 1.43 bits per heavy atom. The molecule has 0 N–H and O–H groups in total. The number of methoxy groups -OCH3 is 1. The van der Waals surface area contributed by atoms with E-state index >= 15 is 0 Å². The summed E-state index contributed by atoms with van der Waals surface area (Å²) in [4.78, 5) is 24.9. The number of ether oxygens (including phenoxy) is 3. The first kappa shape index (κ1) is 24.7. The van der Waals surface area contributed by atoms with Crippen LogP contribution in [0.2, 0.25) is 0 Å². The molecule has 0 aliphatic heterocycles. The summed E-state index contributed by atoms with van der Waals surface area (Å²) < 4.78 is 15.3. The predicted octanol–water partition coefficient (Wildman–Crippen LogP) is 1.39. The van der Waals surface area contributed by atoms with Gasteiger partial charge in [0.25, 0.3) is 0 Å². The van der Waals surface area contributed by atoms with Crippen molar-refractivity contribution in [1.29, 1.82) is 0 Å². The third kappa shape index (κ3) is 10.8. The summed E-state index contributed by atoms with van der Waals surface area (Å²) in [6, 6.07) is 14.8. The van der Waals surface area contributed by atoms with Crippen LogP contribution in [0.5, 0.6) is 11.5 Å². The van der Waals surface area contributed by atoms with Gasteiger partial charge in [-0.15, -0.1) is 0 Å². The number of aryl methyl sites for hydroxylation is 1. The quantitative estimate of drug-likeness (QED) is 0.196. The molecule has 5 nitrogen and oxygen atoms in total. The van der Waals surface area contributed by atoms with Crippen molar-refractivity contribution in [2.75, 3.05) is 18.6 Å². The summed E-state index contributed by atoms with van der Waals surface area (Å²) in [6.45, 7) is 1.69. The van der Waals surface area contributed by atoms with E-state index < -0.39 is 0 Å². The van der Waals surface area contributed by atoms with E-state index in [-0.39, 0.29) is 11.9 Å². The number of halogens is 2. The standard InChI is InChI=1S/C20H22O5.CH3I2/c1-15(21)25-19-10-5-17(6-11-19)13-14-24-20(22)12-7-16-3-8-18(23-2)9-4-16;1-3-2/h3-6,8-11H,7,12-14H2,1-2H3;1H3/q;-1. The predicted molar refractivity (Wildman–Crippen MR) is 114 cm³/mol. The Morgan fingerprint density at radius 1 is 0.929 bits per heavy atom. The first-order chi connectivity index (χ1) is 13.5. The maximum atomic E-state index is 11.8. The third-order valence-corrected chi connectivity index (χ3v) is 3.62. The van der Waals surface area contributed by atoms with Gasteiger partial charge >= 0.3 is 52.7 Å². The summed E-state index contributed by atoms with van der Waals surface area (Å²) in [5.41, 5.74) is 2.08. The van der Waals surface area contributed by atoms with E-state index in [1.54, 1.807) is 19.2 Å². The summed E-state index contributed by atoms with van der Waals surface area (Å²) in [6.07, 6.45) is 1.60. The van der Waals surface area contributed by atoms with Gasteiger partial charge in [-0.1, -0.05) is 24.3 Å². The molecule has 0 bridgehead atoms. The zero-order chi connectivity index (χ0) is 20.8. The van der Waals surface area contributed by atoms with Crippen LogP contribution in [0, 0.1) is 0 Å². The molecule has 0 unspecified atom stereocenters. The van der Waals surface area contributed by atoms with E-state index in [9.17, 15) is 9.59 Å². The van der Waals surface area contributed by atoms with Gasteiger partial charge < -0.3 is 14.2 Å². The summed E-state index contributed by atoms with van der Waals surface area (Å²) in [7, 11) is 1.62. The van der Waals surface area contributed by atoms with Crippen molar-refractivity contribution in [1.82, 2.24) is 0 Å². The molecular weight excluding hydrogens is 586 g/mol. The van der Waals surface area contributed by atoms with E-state index in [1.165, 1.54) is 6.92 Å². The van der Waals surface area contributed by atoms with Gasteiger partial charge in [-0.05, 0) is 41.8 Å². The average molecular weight is 611 g/mol. The Hall–Kier alpha value is -1.36. The van der Waals surface area contributed by atoms with Crippen LogP contribution in [0.25, 0.3) is 0 Å². The Bertz CT molecular complexity index is 715. The van der Waals surface area contributed by atoms with E-state index in [2.05, 4.69) is 23.5 Å². The molecule has 7 heteroatoms. The third-order valence-electron chi connectivity index (χ3n) is 3.62. The molecule has 0 saturated heterocycles. The van der Waals surface area contributed by atoms with Crippen LogP contribution in [0.1, 0.15) is 24.5 Å². The number of alkyl halides is 1. The van der Waals surface area contributed by atoms with Crippen LogP contribution in [-0.4, -0.2) is 30.6 Å². The van der Waals surface area contributed by atoms with Crippen LogP contribution in [0.3, 0.4) is 0 Å².